The fourth-order valence-electron chi connectivity index (χ4n) is 12.3. The number of aromatic amines is 1. The maximum absolute atomic E-state index is 14.1. The van der Waals surface area contributed by atoms with E-state index in [1.165, 1.54) is 19.8 Å². The van der Waals surface area contributed by atoms with E-state index >= 15 is 0 Å². The molecule has 12 heteroatoms. The number of rotatable bonds is 12. The molecule has 4 bridgehead atoms. The van der Waals surface area contributed by atoms with Crippen LogP contribution in [0.3, 0.4) is 0 Å². The molecule has 1 unspecified atom stereocenters. The second-order valence-electron chi connectivity index (χ2n) is 20.1. The molecular formula is C54H60N6O6. The first kappa shape index (κ1) is 43.6. The number of nitrogens with one attached hydrogen (secondary N) is 3. The quantitative estimate of drug-likeness (QED) is 0.113. The molecule has 10 rings (SSSR count). The highest BCUT2D eigenvalue weighted by molar-refractivity contribution is 6.02. The number of aromatic nitrogens is 2. The van der Waals surface area contributed by atoms with Crippen molar-refractivity contribution in [1.82, 2.24) is 25.5 Å². The molecule has 4 fully saturated rings. The first-order chi connectivity index (χ1) is 31.9. The third kappa shape index (κ3) is 7.85. The Morgan fingerprint density at radius 2 is 1.23 bits per heavy atom. The van der Waals surface area contributed by atoms with E-state index in [1.54, 1.807) is 0 Å². The standard InChI is InChI=1S/C54H60N6O6/c1-28(2)47(58-53(63)65-5)50(61)45-36-15-16-37(24-36)46(45)51-56-42-22-19-35(26-43(42)57-51)33-13-9-31(10-14-33)30-7-11-32(12-8-30)34-18-21-41-39(23-34)27-44(55-41)49-38-17-20-40(25-38)60(49)52(62)48(29(3)4)59-54(64)66-6/h7-14,18-19,21-23,26,28-29,36-38,40,45-49H,15-17,20,24-25,27H2,1-6H3,(H,56,57)(H,58,63)(H,59,64)/t36-,37+,38+,40-,45?,46-,47+,48+,49+/m1/s1. The molecule has 342 valence electrons. The summed E-state index contributed by atoms with van der Waals surface area (Å²) >= 11 is 0. The van der Waals surface area contributed by atoms with Crippen molar-refractivity contribution in [2.24, 2.45) is 40.5 Å². The molecular weight excluding hydrogens is 829 g/mol. The third-order valence-electron chi connectivity index (χ3n) is 15.6. The Hall–Kier alpha value is -6.30. The molecule has 4 aromatic carbocycles. The number of alkyl carbamates (subject to hydrolysis) is 2. The van der Waals surface area contributed by atoms with Gasteiger partial charge in [-0.3, -0.25) is 14.6 Å². The zero-order valence-corrected chi connectivity index (χ0v) is 38.7. The summed E-state index contributed by atoms with van der Waals surface area (Å²) in [5, 5.41) is 5.61. The van der Waals surface area contributed by atoms with Crippen molar-refractivity contribution in [2.45, 2.75) is 103 Å². The van der Waals surface area contributed by atoms with Gasteiger partial charge in [-0.15, -0.1) is 0 Å². The third-order valence-corrected chi connectivity index (χ3v) is 15.6. The smallest absolute Gasteiger partial charge is 0.407 e. The van der Waals surface area contributed by atoms with Crippen LogP contribution < -0.4 is 10.6 Å². The number of benzene rings is 4. The van der Waals surface area contributed by atoms with Crippen LogP contribution in [0, 0.1) is 35.5 Å². The van der Waals surface area contributed by atoms with E-state index in [4.69, 9.17) is 19.5 Å². The van der Waals surface area contributed by atoms with E-state index in [9.17, 15) is 19.2 Å². The van der Waals surface area contributed by atoms with E-state index in [-0.39, 0.29) is 47.4 Å². The largest absolute Gasteiger partial charge is 0.453 e. The Morgan fingerprint density at radius 3 is 1.86 bits per heavy atom. The fraction of sp³-hybridized carbons (Fsp3) is 0.444. The number of amides is 3. The van der Waals surface area contributed by atoms with Crippen LogP contribution in [0.15, 0.2) is 89.9 Å². The Bertz CT molecular complexity index is 2720. The summed E-state index contributed by atoms with van der Waals surface area (Å²) in [6.45, 7) is 7.83. The molecule has 0 radical (unpaired) electrons. The molecule has 0 spiro atoms. The SMILES string of the molecule is COC(=O)N[C@H](C(=O)C1[C@@H]2CC[C@@H](C2)[C@H]1c1nc2ccc(-c3ccc(-c4ccc(-c5ccc6c(c5)CC([C@@H]5[C@H]7CC[C@H](C7)N5C(=O)[C@@H](NC(=O)OC)C(C)C)=N6)cc4)cc3)cc2[nH]1)C(C)C. The van der Waals surface area contributed by atoms with Crippen LogP contribution in [0.4, 0.5) is 15.3 Å². The molecule has 66 heavy (non-hydrogen) atoms. The van der Waals surface area contributed by atoms with E-state index < -0.39 is 24.3 Å². The zero-order chi connectivity index (χ0) is 46.0. The first-order valence-corrected chi connectivity index (χ1v) is 23.8. The van der Waals surface area contributed by atoms with E-state index in [0.717, 1.165) is 100 Å². The Kier molecular flexibility index (Phi) is 11.6. The average molecular weight is 889 g/mol. The molecule has 3 amide bonds. The predicted molar refractivity (Wildman–Crippen MR) is 255 cm³/mol. The number of imidazole rings is 1. The lowest BCUT2D eigenvalue weighted by atomic mass is 9.73. The highest BCUT2D eigenvalue weighted by Crippen LogP contribution is 2.57. The number of methoxy groups -OCH3 is 2. The summed E-state index contributed by atoms with van der Waals surface area (Å²) in [6.07, 6.45) is 5.71. The number of ketones is 1. The Labute approximate surface area is 386 Å². The topological polar surface area (TPSA) is 155 Å². The first-order valence-electron chi connectivity index (χ1n) is 23.8. The van der Waals surface area contributed by atoms with Gasteiger partial charge in [0.1, 0.15) is 11.9 Å². The fourth-order valence-corrected chi connectivity index (χ4v) is 12.3. The summed E-state index contributed by atoms with van der Waals surface area (Å²) in [6, 6.07) is 29.0. The molecule has 3 N–H and O–H groups in total. The van der Waals surface area contributed by atoms with E-state index in [0.29, 0.717) is 24.2 Å². The summed E-state index contributed by atoms with van der Waals surface area (Å²) in [5.41, 5.74) is 11.7. The maximum atomic E-state index is 14.1. The molecule has 1 saturated heterocycles. The minimum absolute atomic E-state index is 0.00687. The minimum Gasteiger partial charge on any atom is -0.453 e. The molecule has 9 atom stereocenters. The average Bonchev–Trinajstić information content (AvgIpc) is 4.21. The molecule has 3 heterocycles. The van der Waals surface area contributed by atoms with Gasteiger partial charge in [-0.25, -0.2) is 14.6 Å². The second-order valence-corrected chi connectivity index (χ2v) is 20.1. The van der Waals surface area contributed by atoms with E-state index in [2.05, 4.69) is 101 Å². The van der Waals surface area contributed by atoms with Gasteiger partial charge in [-0.05, 0) is 131 Å². The van der Waals surface area contributed by atoms with Crippen molar-refractivity contribution < 1.29 is 28.7 Å². The Morgan fingerprint density at radius 1 is 0.667 bits per heavy atom. The summed E-state index contributed by atoms with van der Waals surface area (Å²) < 4.78 is 9.73. The van der Waals surface area contributed by atoms with Gasteiger partial charge in [0, 0.05) is 30.0 Å². The molecule has 5 aliphatic rings. The van der Waals surface area contributed by atoms with Crippen molar-refractivity contribution in [1.29, 1.82) is 0 Å². The number of Topliss-reactive ketones (excluding diaryl/α,β-unsaturated/α-hetero) is 1. The number of nitrogens with zero attached hydrogens (tertiary/aromatic N) is 3. The maximum Gasteiger partial charge on any atom is 0.407 e. The normalized spacial score (nSPS) is 24.7. The minimum atomic E-state index is -0.654. The van der Waals surface area contributed by atoms with Gasteiger partial charge in [-0.2, -0.15) is 0 Å². The number of carbonyl (C=O) groups is 4. The van der Waals surface area contributed by atoms with Gasteiger partial charge in [0.05, 0.1) is 43.0 Å². The molecule has 3 aliphatic carbocycles. The number of fused-ring (bicyclic) bond motifs is 6. The van der Waals surface area contributed by atoms with Gasteiger partial charge in [0.25, 0.3) is 0 Å². The van der Waals surface area contributed by atoms with Crippen LogP contribution in [0.1, 0.15) is 83.5 Å². The van der Waals surface area contributed by atoms with Gasteiger partial charge in [0.2, 0.25) is 5.91 Å². The summed E-state index contributed by atoms with van der Waals surface area (Å²) in [5.74, 6) is 1.62. The van der Waals surface area contributed by atoms with E-state index in [1.807, 2.05) is 32.6 Å². The molecule has 2 aliphatic heterocycles. The van der Waals surface area contributed by atoms with Crippen LogP contribution in [-0.2, 0) is 25.5 Å². The summed E-state index contributed by atoms with van der Waals surface area (Å²) in [7, 11) is 2.65. The van der Waals surface area contributed by atoms with Gasteiger partial charge < -0.3 is 30.0 Å². The number of hydrogen-bond donors (Lipinski definition) is 3. The van der Waals surface area contributed by atoms with Crippen molar-refractivity contribution in [3.8, 4) is 33.4 Å². The number of hydrogen-bond acceptors (Lipinski definition) is 8. The predicted octanol–water partition coefficient (Wildman–Crippen LogP) is 10.0. The van der Waals surface area contributed by atoms with Gasteiger partial charge in [-0.1, -0.05) is 88.4 Å². The molecule has 12 nitrogen and oxygen atoms in total. The van der Waals surface area contributed by atoms with Crippen LogP contribution in [0.2, 0.25) is 0 Å². The number of ether oxygens (including phenoxy) is 2. The second kappa shape index (κ2) is 17.5. The lowest BCUT2D eigenvalue weighted by Crippen LogP contribution is -2.57. The molecule has 3 saturated carbocycles. The lowest BCUT2D eigenvalue weighted by molar-refractivity contribution is -0.137. The van der Waals surface area contributed by atoms with Crippen molar-refractivity contribution in [3.63, 3.8) is 0 Å². The van der Waals surface area contributed by atoms with Crippen LogP contribution in [0.5, 0.6) is 0 Å². The number of carbonyl (C=O) groups excluding carboxylic acids is 4. The van der Waals surface area contributed by atoms with Crippen molar-refractivity contribution in [2.75, 3.05) is 14.2 Å². The van der Waals surface area contributed by atoms with Crippen LogP contribution >= 0.6 is 0 Å². The van der Waals surface area contributed by atoms with Gasteiger partial charge >= 0.3 is 12.2 Å². The highest BCUT2D eigenvalue weighted by Gasteiger charge is 2.54. The number of aliphatic imine (C=N–C) groups is 1. The zero-order valence-electron chi connectivity index (χ0n) is 38.7. The highest BCUT2D eigenvalue weighted by atomic mass is 16.5. The Balaban J connectivity index is 0.814. The number of H-pyrrole nitrogens is 1. The number of likely N-dealkylation sites (tertiary alicyclic amines) is 1. The molecule has 1 aromatic heterocycles. The van der Waals surface area contributed by atoms with Crippen LogP contribution in [0.25, 0.3) is 44.4 Å². The van der Waals surface area contributed by atoms with Gasteiger partial charge in [0.15, 0.2) is 5.78 Å². The number of piperidine rings is 1. The van der Waals surface area contributed by atoms with Crippen molar-refractivity contribution >= 4 is 46.3 Å². The molecule has 5 aromatic rings. The van der Waals surface area contributed by atoms with Crippen molar-refractivity contribution in [3.05, 3.63) is 96.3 Å². The monoisotopic (exact) mass is 888 g/mol. The lowest BCUT2D eigenvalue weighted by Gasteiger charge is -2.38. The summed E-state index contributed by atoms with van der Waals surface area (Å²) in [4.78, 5) is 68.5. The van der Waals surface area contributed by atoms with Crippen LogP contribution in [-0.4, -0.2) is 82.8 Å².